The lowest BCUT2D eigenvalue weighted by molar-refractivity contribution is -0.172. The number of methoxy groups -OCH3 is 1. The van der Waals surface area contributed by atoms with Crippen LogP contribution in [0.2, 0.25) is 0 Å². The molecule has 0 radical (unpaired) electrons. The second-order valence-electron chi connectivity index (χ2n) is 6.37. The second-order valence-corrected chi connectivity index (χ2v) is 6.37. The van der Waals surface area contributed by atoms with Gasteiger partial charge in [-0.3, -0.25) is 4.79 Å². The van der Waals surface area contributed by atoms with Crippen LogP contribution >= 0.6 is 0 Å². The highest BCUT2D eigenvalue weighted by atomic mass is 16.5. The summed E-state index contributed by atoms with van der Waals surface area (Å²) in [5, 5.41) is 4.48. The van der Waals surface area contributed by atoms with Crippen LogP contribution < -0.4 is 4.74 Å². The molecule has 6 heteroatoms. The molecule has 24 heavy (non-hydrogen) atoms. The monoisotopic (exact) mass is 327 g/mol. The second kappa shape index (κ2) is 5.63. The fourth-order valence-electron chi connectivity index (χ4n) is 3.55. The van der Waals surface area contributed by atoms with E-state index in [0.717, 1.165) is 36.5 Å². The van der Waals surface area contributed by atoms with Gasteiger partial charge in [0.15, 0.2) is 0 Å². The maximum absolute atomic E-state index is 13.0. The maximum atomic E-state index is 13.0. The first-order chi connectivity index (χ1) is 11.7. The molecule has 4 rings (SSSR count). The highest BCUT2D eigenvalue weighted by molar-refractivity contribution is 5.96. The molecule has 1 spiro atoms. The van der Waals surface area contributed by atoms with Crippen LogP contribution in [-0.4, -0.2) is 53.0 Å². The van der Waals surface area contributed by atoms with Gasteiger partial charge >= 0.3 is 0 Å². The summed E-state index contributed by atoms with van der Waals surface area (Å²) >= 11 is 0. The molecule has 0 atom stereocenters. The van der Waals surface area contributed by atoms with Crippen molar-refractivity contribution in [2.75, 3.05) is 26.9 Å². The Kier molecular flexibility index (Phi) is 3.57. The van der Waals surface area contributed by atoms with E-state index in [4.69, 9.17) is 9.47 Å². The smallest absolute Gasteiger partial charge is 0.257 e. The molecule has 2 aliphatic rings. The van der Waals surface area contributed by atoms with Gasteiger partial charge in [0, 0.05) is 6.54 Å². The molecule has 126 valence electrons. The molecule has 0 aliphatic carbocycles. The Balaban J connectivity index is 1.71. The zero-order valence-electron chi connectivity index (χ0n) is 14.0. The average Bonchev–Trinajstić information content (AvgIpc) is 2.96. The number of rotatable bonds is 4. The van der Waals surface area contributed by atoms with Crippen molar-refractivity contribution in [3.63, 3.8) is 0 Å². The Hall–Kier alpha value is -2.34. The number of likely N-dealkylation sites (tertiary alicyclic amines) is 1. The standard InChI is InChI=1S/C18H21N3O3/c1-3-14-13(17(22)20-9-8-18(20)11-24-12-18)10-19-21(14)15-6-4-5-7-16(15)23-2/h4-7,10H,3,8-9,11-12H2,1-2H3. The molecule has 2 fully saturated rings. The molecular weight excluding hydrogens is 306 g/mol. The van der Waals surface area contributed by atoms with Crippen LogP contribution in [-0.2, 0) is 11.2 Å². The van der Waals surface area contributed by atoms with Crippen molar-refractivity contribution in [2.45, 2.75) is 25.3 Å². The van der Waals surface area contributed by atoms with Crippen molar-refractivity contribution in [1.29, 1.82) is 0 Å². The Labute approximate surface area is 141 Å². The molecule has 0 bridgehead atoms. The molecule has 6 nitrogen and oxygen atoms in total. The molecule has 1 aromatic carbocycles. The minimum Gasteiger partial charge on any atom is -0.494 e. The third kappa shape index (κ3) is 2.06. The minimum absolute atomic E-state index is 0.0579. The first-order valence-corrected chi connectivity index (χ1v) is 8.30. The van der Waals surface area contributed by atoms with E-state index >= 15 is 0 Å². The highest BCUT2D eigenvalue weighted by Gasteiger charge is 2.53. The van der Waals surface area contributed by atoms with Crippen LogP contribution in [0.3, 0.4) is 0 Å². The number of nitrogens with zero attached hydrogens (tertiary/aromatic N) is 3. The van der Waals surface area contributed by atoms with E-state index in [2.05, 4.69) is 5.10 Å². The number of benzene rings is 1. The summed E-state index contributed by atoms with van der Waals surface area (Å²) < 4.78 is 12.6. The van der Waals surface area contributed by atoms with E-state index in [1.54, 1.807) is 13.3 Å². The van der Waals surface area contributed by atoms with Crippen molar-refractivity contribution in [2.24, 2.45) is 0 Å². The molecule has 0 saturated carbocycles. The largest absolute Gasteiger partial charge is 0.494 e. The van der Waals surface area contributed by atoms with Crippen LogP contribution in [0.15, 0.2) is 30.5 Å². The predicted molar refractivity (Wildman–Crippen MR) is 88.7 cm³/mol. The fourth-order valence-corrected chi connectivity index (χ4v) is 3.55. The maximum Gasteiger partial charge on any atom is 0.257 e. The van der Waals surface area contributed by atoms with Crippen molar-refractivity contribution >= 4 is 5.91 Å². The van der Waals surface area contributed by atoms with Crippen LogP contribution in [0.1, 0.15) is 29.4 Å². The Morgan fingerprint density at radius 2 is 2.17 bits per heavy atom. The molecule has 2 aromatic rings. The average molecular weight is 327 g/mol. The summed E-state index contributed by atoms with van der Waals surface area (Å²) in [5.41, 5.74) is 2.37. The highest BCUT2D eigenvalue weighted by Crippen LogP contribution is 2.39. The number of hydrogen-bond donors (Lipinski definition) is 0. The van der Waals surface area contributed by atoms with Gasteiger partial charge in [0.05, 0.1) is 43.3 Å². The zero-order valence-corrected chi connectivity index (χ0v) is 14.0. The Bertz CT molecular complexity index is 774. The zero-order chi connectivity index (χ0) is 16.7. The van der Waals surface area contributed by atoms with Crippen molar-refractivity contribution in [3.05, 3.63) is 41.7 Å². The number of hydrogen-bond acceptors (Lipinski definition) is 4. The molecule has 1 amide bonds. The third-order valence-electron chi connectivity index (χ3n) is 5.11. The lowest BCUT2D eigenvalue weighted by Crippen LogP contribution is -2.72. The number of carbonyl (C=O) groups is 1. The number of ether oxygens (including phenoxy) is 2. The van der Waals surface area contributed by atoms with Crippen LogP contribution in [0.5, 0.6) is 5.75 Å². The molecule has 1 aromatic heterocycles. The van der Waals surface area contributed by atoms with Gasteiger partial charge in [0.1, 0.15) is 11.4 Å². The van der Waals surface area contributed by atoms with Gasteiger partial charge in [0.2, 0.25) is 0 Å². The molecule has 0 unspecified atom stereocenters. The van der Waals surface area contributed by atoms with Gasteiger partial charge < -0.3 is 14.4 Å². The van der Waals surface area contributed by atoms with E-state index in [1.807, 2.05) is 40.8 Å². The molecule has 3 heterocycles. The fraction of sp³-hybridized carbons (Fsp3) is 0.444. The Morgan fingerprint density at radius 3 is 2.75 bits per heavy atom. The SMILES string of the molecule is CCc1c(C(=O)N2CCC23COC3)cnn1-c1ccccc1OC. The quantitative estimate of drug-likeness (QED) is 0.862. The van der Waals surface area contributed by atoms with Gasteiger partial charge in [-0.25, -0.2) is 4.68 Å². The topological polar surface area (TPSA) is 56.6 Å². The normalized spacial score (nSPS) is 18.2. The third-order valence-corrected chi connectivity index (χ3v) is 5.11. The predicted octanol–water partition coefficient (Wildman–Crippen LogP) is 2.06. The van der Waals surface area contributed by atoms with E-state index in [-0.39, 0.29) is 11.4 Å². The van der Waals surface area contributed by atoms with Gasteiger partial charge in [-0.15, -0.1) is 0 Å². The van der Waals surface area contributed by atoms with Gasteiger partial charge in [0.25, 0.3) is 5.91 Å². The summed E-state index contributed by atoms with van der Waals surface area (Å²) in [6, 6.07) is 7.71. The summed E-state index contributed by atoms with van der Waals surface area (Å²) in [7, 11) is 1.64. The van der Waals surface area contributed by atoms with Crippen LogP contribution in [0, 0.1) is 0 Å². The molecule has 2 aliphatic heterocycles. The lowest BCUT2D eigenvalue weighted by atomic mass is 9.82. The number of aromatic nitrogens is 2. The molecular formula is C18H21N3O3. The number of para-hydroxylation sites is 2. The van der Waals surface area contributed by atoms with Gasteiger partial charge in [-0.2, -0.15) is 5.10 Å². The first kappa shape index (κ1) is 15.2. The van der Waals surface area contributed by atoms with E-state index < -0.39 is 0 Å². The molecule has 2 saturated heterocycles. The Morgan fingerprint density at radius 1 is 1.38 bits per heavy atom. The first-order valence-electron chi connectivity index (χ1n) is 8.30. The molecule has 0 N–H and O–H groups in total. The summed E-state index contributed by atoms with van der Waals surface area (Å²) in [5.74, 6) is 0.796. The minimum atomic E-state index is -0.0609. The van der Waals surface area contributed by atoms with Gasteiger partial charge in [-0.1, -0.05) is 19.1 Å². The summed E-state index contributed by atoms with van der Waals surface area (Å²) in [6.45, 7) is 4.14. The van der Waals surface area contributed by atoms with Gasteiger partial charge in [-0.05, 0) is 25.0 Å². The summed E-state index contributed by atoms with van der Waals surface area (Å²) in [4.78, 5) is 14.9. The lowest BCUT2D eigenvalue weighted by Gasteiger charge is -2.57. The van der Waals surface area contributed by atoms with E-state index in [1.165, 1.54) is 0 Å². The van der Waals surface area contributed by atoms with E-state index in [0.29, 0.717) is 18.8 Å². The number of amides is 1. The van der Waals surface area contributed by atoms with Crippen LogP contribution in [0.25, 0.3) is 5.69 Å². The summed E-state index contributed by atoms with van der Waals surface area (Å²) in [6.07, 6.45) is 3.43. The van der Waals surface area contributed by atoms with E-state index in [9.17, 15) is 4.79 Å². The van der Waals surface area contributed by atoms with Crippen LogP contribution in [0.4, 0.5) is 0 Å². The van der Waals surface area contributed by atoms with Crippen molar-refractivity contribution in [3.8, 4) is 11.4 Å². The number of carbonyl (C=O) groups excluding carboxylic acids is 1. The van der Waals surface area contributed by atoms with Crippen molar-refractivity contribution < 1.29 is 14.3 Å². The van der Waals surface area contributed by atoms with Crippen molar-refractivity contribution in [1.82, 2.24) is 14.7 Å².